The molecule has 0 saturated carbocycles. The molecule has 1 aliphatic rings. The number of hydrogen-bond donors (Lipinski definition) is 0. The summed E-state index contributed by atoms with van der Waals surface area (Å²) >= 11 is 0. The molecule has 0 fully saturated rings. The van der Waals surface area contributed by atoms with Crippen molar-refractivity contribution >= 4 is 9.84 Å². The third-order valence-electron chi connectivity index (χ3n) is 2.89. The van der Waals surface area contributed by atoms with Gasteiger partial charge >= 0.3 is 0 Å². The first-order valence-electron chi connectivity index (χ1n) is 4.90. The molecule has 0 unspecified atom stereocenters. The summed E-state index contributed by atoms with van der Waals surface area (Å²) in [6.07, 6.45) is 1.49. The number of rotatable bonds is 1. The minimum atomic E-state index is -2.97. The van der Waals surface area contributed by atoms with Crippen molar-refractivity contribution in [3.8, 4) is 0 Å². The maximum Gasteiger partial charge on any atom is 0.179 e. The highest BCUT2D eigenvalue weighted by Crippen LogP contribution is 2.31. The molecular formula is C11H14O2S. The minimum absolute atomic E-state index is 0.292. The molecule has 14 heavy (non-hydrogen) atoms. The van der Waals surface area contributed by atoms with Crippen molar-refractivity contribution in [1.29, 1.82) is 0 Å². The van der Waals surface area contributed by atoms with E-state index in [4.69, 9.17) is 0 Å². The maximum atomic E-state index is 11.8. The van der Waals surface area contributed by atoms with Gasteiger partial charge < -0.3 is 0 Å². The molecule has 1 aromatic rings. The molecule has 0 spiro atoms. The van der Waals surface area contributed by atoms with Crippen LogP contribution in [-0.4, -0.2) is 14.2 Å². The Hall–Kier alpha value is -0.830. The first-order valence-corrected chi connectivity index (χ1v) is 6.55. The zero-order valence-electron chi connectivity index (χ0n) is 8.50. The average molecular weight is 210 g/mol. The van der Waals surface area contributed by atoms with Crippen LogP contribution in [-0.2, 0) is 22.7 Å². The van der Waals surface area contributed by atoms with Crippen molar-refractivity contribution < 1.29 is 8.42 Å². The number of fused-ring (bicyclic) bond motifs is 1. The van der Waals surface area contributed by atoms with Crippen molar-refractivity contribution in [3.63, 3.8) is 0 Å². The van der Waals surface area contributed by atoms with E-state index in [0.717, 1.165) is 23.1 Å². The van der Waals surface area contributed by atoms with E-state index in [0.29, 0.717) is 17.1 Å². The molecule has 1 aromatic carbocycles. The van der Waals surface area contributed by atoms with Crippen LogP contribution in [0.5, 0.6) is 0 Å². The van der Waals surface area contributed by atoms with Crippen LogP contribution in [0.3, 0.4) is 0 Å². The molecule has 0 aliphatic carbocycles. The van der Waals surface area contributed by atoms with E-state index in [9.17, 15) is 8.42 Å². The first-order chi connectivity index (χ1) is 6.56. The second-order valence-corrected chi connectivity index (χ2v) is 5.82. The molecule has 0 aromatic heterocycles. The van der Waals surface area contributed by atoms with Gasteiger partial charge in [-0.25, -0.2) is 8.42 Å². The number of hydrogen-bond acceptors (Lipinski definition) is 2. The standard InChI is InChI=1S/C11H14O2S/c1-3-9-5-4-8(2)10-6-7-14(12,13)11(9)10/h4-5H,3,6-7H2,1-2H3. The van der Waals surface area contributed by atoms with Crippen LogP contribution in [0.15, 0.2) is 17.0 Å². The van der Waals surface area contributed by atoms with Gasteiger partial charge in [0, 0.05) is 0 Å². The monoisotopic (exact) mass is 210 g/mol. The highest BCUT2D eigenvalue weighted by atomic mass is 32.2. The molecule has 0 bridgehead atoms. The van der Waals surface area contributed by atoms with Crippen LogP contribution in [0.1, 0.15) is 23.6 Å². The van der Waals surface area contributed by atoms with E-state index >= 15 is 0 Å². The van der Waals surface area contributed by atoms with Gasteiger partial charge in [0.25, 0.3) is 0 Å². The molecule has 3 heteroatoms. The summed E-state index contributed by atoms with van der Waals surface area (Å²) in [4.78, 5) is 0.625. The predicted molar refractivity (Wildman–Crippen MR) is 56.3 cm³/mol. The normalized spacial score (nSPS) is 18.1. The van der Waals surface area contributed by atoms with E-state index in [-0.39, 0.29) is 0 Å². The van der Waals surface area contributed by atoms with Crippen molar-refractivity contribution in [1.82, 2.24) is 0 Å². The Morgan fingerprint density at radius 2 is 2.07 bits per heavy atom. The molecule has 1 aliphatic heterocycles. The summed E-state index contributed by atoms with van der Waals surface area (Å²) in [5.74, 6) is 0.292. The zero-order valence-corrected chi connectivity index (χ0v) is 9.32. The van der Waals surface area contributed by atoms with Gasteiger partial charge in [-0.15, -0.1) is 0 Å². The summed E-state index contributed by atoms with van der Waals surface area (Å²) in [6, 6.07) is 3.97. The van der Waals surface area contributed by atoms with E-state index in [1.807, 2.05) is 26.0 Å². The van der Waals surface area contributed by atoms with Crippen LogP contribution in [0.2, 0.25) is 0 Å². The zero-order chi connectivity index (χ0) is 10.3. The molecule has 76 valence electrons. The van der Waals surface area contributed by atoms with Crippen LogP contribution in [0, 0.1) is 6.92 Å². The Labute approximate surface area is 84.9 Å². The average Bonchev–Trinajstić information content (AvgIpc) is 2.45. The summed E-state index contributed by atoms with van der Waals surface area (Å²) in [5, 5.41) is 0. The van der Waals surface area contributed by atoms with Crippen molar-refractivity contribution in [3.05, 3.63) is 28.8 Å². The lowest BCUT2D eigenvalue weighted by atomic mass is 10.0. The Morgan fingerprint density at radius 1 is 1.36 bits per heavy atom. The fourth-order valence-corrected chi connectivity index (χ4v) is 4.02. The number of aryl methyl sites for hydroxylation is 2. The maximum absolute atomic E-state index is 11.8. The molecule has 1 heterocycles. The second kappa shape index (κ2) is 3.09. The molecule has 0 saturated heterocycles. The molecule has 0 atom stereocenters. The summed E-state index contributed by atoms with van der Waals surface area (Å²) in [5.41, 5.74) is 3.13. The Balaban J connectivity index is 2.79. The van der Waals surface area contributed by atoms with E-state index in [1.165, 1.54) is 0 Å². The van der Waals surface area contributed by atoms with E-state index < -0.39 is 9.84 Å². The van der Waals surface area contributed by atoms with Gasteiger partial charge in [0.15, 0.2) is 9.84 Å². The van der Waals surface area contributed by atoms with Gasteiger partial charge in [-0.1, -0.05) is 19.1 Å². The van der Waals surface area contributed by atoms with Gasteiger partial charge in [-0.05, 0) is 36.5 Å². The number of sulfone groups is 1. The fourth-order valence-electron chi connectivity index (χ4n) is 2.09. The second-order valence-electron chi connectivity index (χ2n) is 3.77. The molecule has 0 radical (unpaired) electrons. The first kappa shape index (κ1) is 9.71. The molecule has 0 N–H and O–H groups in total. The largest absolute Gasteiger partial charge is 0.224 e. The molecule has 2 rings (SSSR count). The fraction of sp³-hybridized carbons (Fsp3) is 0.455. The summed E-state index contributed by atoms with van der Waals surface area (Å²) in [7, 11) is -2.97. The summed E-state index contributed by atoms with van der Waals surface area (Å²) in [6.45, 7) is 3.98. The SMILES string of the molecule is CCc1ccc(C)c2c1S(=O)(=O)CC2. The third-order valence-corrected chi connectivity index (χ3v) is 4.76. The van der Waals surface area contributed by atoms with E-state index in [1.54, 1.807) is 0 Å². The van der Waals surface area contributed by atoms with Crippen molar-refractivity contribution in [2.75, 3.05) is 5.75 Å². The Bertz CT molecular complexity index is 472. The van der Waals surface area contributed by atoms with Crippen molar-refractivity contribution in [2.45, 2.75) is 31.6 Å². The lowest BCUT2D eigenvalue weighted by molar-refractivity contribution is 0.599. The van der Waals surface area contributed by atoms with Crippen LogP contribution >= 0.6 is 0 Å². The Kier molecular flexibility index (Phi) is 2.14. The highest BCUT2D eigenvalue weighted by molar-refractivity contribution is 7.91. The van der Waals surface area contributed by atoms with Gasteiger partial charge in [0.2, 0.25) is 0 Å². The predicted octanol–water partition coefficient (Wildman–Crippen LogP) is 1.89. The van der Waals surface area contributed by atoms with Gasteiger partial charge in [0.1, 0.15) is 0 Å². The van der Waals surface area contributed by atoms with Crippen LogP contribution < -0.4 is 0 Å². The smallest absolute Gasteiger partial charge is 0.179 e. The minimum Gasteiger partial charge on any atom is -0.224 e. The lowest BCUT2D eigenvalue weighted by Crippen LogP contribution is -2.02. The topological polar surface area (TPSA) is 34.1 Å². The van der Waals surface area contributed by atoms with Gasteiger partial charge in [0.05, 0.1) is 10.6 Å². The van der Waals surface area contributed by atoms with Crippen molar-refractivity contribution in [2.24, 2.45) is 0 Å². The van der Waals surface area contributed by atoms with Gasteiger partial charge in [-0.3, -0.25) is 0 Å². The van der Waals surface area contributed by atoms with E-state index in [2.05, 4.69) is 0 Å². The molecular weight excluding hydrogens is 196 g/mol. The third kappa shape index (κ3) is 1.27. The number of benzene rings is 1. The Morgan fingerprint density at radius 3 is 2.71 bits per heavy atom. The van der Waals surface area contributed by atoms with Gasteiger partial charge in [-0.2, -0.15) is 0 Å². The summed E-state index contributed by atoms with van der Waals surface area (Å²) < 4.78 is 23.6. The van der Waals surface area contributed by atoms with Crippen LogP contribution in [0.25, 0.3) is 0 Å². The molecule has 2 nitrogen and oxygen atoms in total. The molecule has 0 amide bonds. The lowest BCUT2D eigenvalue weighted by Gasteiger charge is -2.07. The highest BCUT2D eigenvalue weighted by Gasteiger charge is 2.29. The quantitative estimate of drug-likeness (QED) is 0.709. The van der Waals surface area contributed by atoms with Crippen LogP contribution in [0.4, 0.5) is 0 Å².